The fourth-order valence-electron chi connectivity index (χ4n) is 2.47. The third-order valence-corrected chi connectivity index (χ3v) is 4.08. The molecule has 1 saturated carbocycles. The molecule has 7 heteroatoms. The van der Waals surface area contributed by atoms with Crippen LogP contribution in [0, 0.1) is 35.5 Å². The minimum absolute atomic E-state index is 0.0230. The Morgan fingerprint density at radius 1 is 1.32 bits per heavy atom. The number of aliphatic hydroxyl groups is 1. The van der Waals surface area contributed by atoms with Crippen LogP contribution >= 0.6 is 0 Å². The van der Waals surface area contributed by atoms with Gasteiger partial charge in [0.25, 0.3) is 5.91 Å². The molecule has 128 valence electrons. The van der Waals surface area contributed by atoms with Gasteiger partial charge in [-0.15, -0.1) is 0 Å². The second-order valence-electron chi connectivity index (χ2n) is 5.81. The lowest BCUT2D eigenvalue weighted by Gasteiger charge is -2.12. The summed E-state index contributed by atoms with van der Waals surface area (Å²) in [5, 5.41) is 17.5. The summed E-state index contributed by atoms with van der Waals surface area (Å²) >= 11 is 0. The number of hydrogen-bond acceptors (Lipinski definition) is 5. The van der Waals surface area contributed by atoms with Gasteiger partial charge >= 0.3 is 6.09 Å². The lowest BCUT2D eigenvalue weighted by Crippen LogP contribution is -2.35. The maximum atomic E-state index is 11.8. The smallest absolute Gasteiger partial charge is 0.415 e. The number of benzene rings is 1. The molecule has 0 spiro atoms. The van der Waals surface area contributed by atoms with Crippen molar-refractivity contribution in [1.29, 1.82) is 0 Å². The number of aliphatic hydroxyl groups excluding tert-OH is 1. The van der Waals surface area contributed by atoms with Crippen LogP contribution in [0.1, 0.15) is 12.0 Å². The highest BCUT2D eigenvalue weighted by atomic mass is 16.6. The molecule has 0 aromatic heterocycles. The van der Waals surface area contributed by atoms with E-state index in [1.807, 2.05) is 0 Å². The van der Waals surface area contributed by atoms with Gasteiger partial charge < -0.3 is 9.84 Å². The van der Waals surface area contributed by atoms with Gasteiger partial charge in [0.05, 0.1) is 6.54 Å². The average molecular weight is 340 g/mol. The van der Waals surface area contributed by atoms with Crippen LogP contribution in [0.2, 0.25) is 0 Å². The van der Waals surface area contributed by atoms with Gasteiger partial charge in [0.15, 0.2) is 0 Å². The summed E-state index contributed by atoms with van der Waals surface area (Å²) in [6, 6.07) is 6.87. The van der Waals surface area contributed by atoms with Gasteiger partial charge in [-0.1, -0.05) is 11.8 Å². The molecule has 3 atom stereocenters. The summed E-state index contributed by atoms with van der Waals surface area (Å²) in [7, 11) is 0. The van der Waals surface area contributed by atoms with Gasteiger partial charge in [0.1, 0.15) is 0 Å². The van der Waals surface area contributed by atoms with E-state index in [0.717, 1.165) is 12.0 Å². The molecule has 2 aliphatic rings. The molecule has 1 aliphatic carbocycles. The van der Waals surface area contributed by atoms with E-state index < -0.39 is 18.1 Å². The van der Waals surface area contributed by atoms with Crippen molar-refractivity contribution >= 4 is 17.7 Å². The molecule has 0 bridgehead atoms. The van der Waals surface area contributed by atoms with E-state index in [2.05, 4.69) is 23.7 Å². The number of rotatable bonds is 3. The molecule has 1 saturated heterocycles. The van der Waals surface area contributed by atoms with Gasteiger partial charge in [-0.05, 0) is 48.4 Å². The van der Waals surface area contributed by atoms with Crippen molar-refractivity contribution in [3.8, 4) is 23.7 Å². The van der Waals surface area contributed by atoms with Crippen LogP contribution in [0.3, 0.4) is 0 Å². The molecule has 7 nitrogen and oxygen atoms in total. The predicted molar refractivity (Wildman–Crippen MR) is 87.3 cm³/mol. The first-order valence-electron chi connectivity index (χ1n) is 7.77. The number of cyclic esters (lactones) is 1. The molecule has 1 aliphatic heterocycles. The van der Waals surface area contributed by atoms with E-state index in [1.165, 1.54) is 10.4 Å². The first-order valence-corrected chi connectivity index (χ1v) is 7.77. The first-order chi connectivity index (χ1) is 12.1. The molecule has 1 aromatic carbocycles. The Morgan fingerprint density at radius 2 is 2.08 bits per heavy atom. The molecule has 2 fully saturated rings. The van der Waals surface area contributed by atoms with Crippen molar-refractivity contribution in [1.82, 2.24) is 5.48 Å². The van der Waals surface area contributed by atoms with Gasteiger partial charge in [-0.2, -0.15) is 0 Å². The molecule has 0 radical (unpaired) electrons. The van der Waals surface area contributed by atoms with Crippen LogP contribution in [0.5, 0.6) is 0 Å². The zero-order valence-electron chi connectivity index (χ0n) is 13.2. The van der Waals surface area contributed by atoms with Crippen LogP contribution in [-0.2, 0) is 9.53 Å². The number of ether oxygens (including phenoxy) is 1. The number of hydrogen-bond donors (Lipinski definition) is 3. The quantitative estimate of drug-likeness (QED) is 0.423. The number of nitrogens with zero attached hydrogens (tertiary/aromatic N) is 1. The van der Waals surface area contributed by atoms with E-state index in [0.29, 0.717) is 11.6 Å². The summed E-state index contributed by atoms with van der Waals surface area (Å²) in [6.07, 6.45) is -0.764. The van der Waals surface area contributed by atoms with E-state index in [9.17, 15) is 9.59 Å². The molecule has 1 aromatic rings. The lowest BCUT2D eigenvalue weighted by molar-refractivity contribution is -0.136. The van der Waals surface area contributed by atoms with E-state index >= 15 is 0 Å². The molecule has 3 rings (SSSR count). The predicted octanol–water partition coefficient (Wildman–Crippen LogP) is 0.500. The highest BCUT2D eigenvalue weighted by Crippen LogP contribution is 2.36. The van der Waals surface area contributed by atoms with E-state index in [1.54, 1.807) is 24.3 Å². The van der Waals surface area contributed by atoms with Crippen LogP contribution in [0.25, 0.3) is 0 Å². The maximum absolute atomic E-state index is 11.8. The minimum Gasteiger partial charge on any atom is -0.434 e. The molecular weight excluding hydrogens is 324 g/mol. The van der Waals surface area contributed by atoms with Crippen molar-refractivity contribution in [2.24, 2.45) is 11.8 Å². The largest absolute Gasteiger partial charge is 0.434 e. The van der Waals surface area contributed by atoms with Crippen molar-refractivity contribution in [3.05, 3.63) is 29.8 Å². The van der Waals surface area contributed by atoms with Crippen LogP contribution in [0.15, 0.2) is 24.3 Å². The summed E-state index contributed by atoms with van der Waals surface area (Å²) in [5.41, 5.74) is 2.78. The average Bonchev–Trinajstić information content (AvgIpc) is 3.30. The van der Waals surface area contributed by atoms with Gasteiger partial charge in [0.2, 0.25) is 6.10 Å². The molecule has 0 unspecified atom stereocenters. The zero-order chi connectivity index (χ0) is 17.8. The molecule has 25 heavy (non-hydrogen) atoms. The monoisotopic (exact) mass is 340 g/mol. The number of carbonyl (C=O) groups is 2. The second kappa shape index (κ2) is 7.27. The normalized spacial score (nSPS) is 23.7. The van der Waals surface area contributed by atoms with Gasteiger partial charge in [0, 0.05) is 23.8 Å². The Labute approximate surface area is 144 Å². The zero-order valence-corrected chi connectivity index (χ0v) is 13.2. The van der Waals surface area contributed by atoms with Gasteiger partial charge in [-0.25, -0.2) is 10.3 Å². The maximum Gasteiger partial charge on any atom is 0.415 e. The van der Waals surface area contributed by atoms with Crippen LogP contribution in [0.4, 0.5) is 10.5 Å². The summed E-state index contributed by atoms with van der Waals surface area (Å²) in [5.74, 6) is 11.2. The Balaban J connectivity index is 1.61. The van der Waals surface area contributed by atoms with Crippen LogP contribution in [-0.4, -0.2) is 41.6 Å². The summed E-state index contributed by atoms with van der Waals surface area (Å²) in [4.78, 5) is 24.4. The number of carbonyl (C=O) groups excluding carboxylic acids is 2. The minimum atomic E-state index is -1.04. The third kappa shape index (κ3) is 3.92. The van der Waals surface area contributed by atoms with Crippen molar-refractivity contribution < 1.29 is 24.6 Å². The van der Waals surface area contributed by atoms with E-state index in [4.69, 9.17) is 15.1 Å². The first kappa shape index (κ1) is 16.8. The van der Waals surface area contributed by atoms with Gasteiger partial charge in [-0.3, -0.25) is 14.9 Å². The second-order valence-corrected chi connectivity index (χ2v) is 5.81. The van der Waals surface area contributed by atoms with Crippen molar-refractivity contribution in [2.75, 3.05) is 18.1 Å². The fraction of sp³-hybridized carbons (Fsp3) is 0.333. The number of amides is 2. The number of hydroxylamine groups is 1. The Morgan fingerprint density at radius 3 is 2.72 bits per heavy atom. The molecule has 1 heterocycles. The van der Waals surface area contributed by atoms with E-state index in [-0.39, 0.29) is 19.1 Å². The topological polar surface area (TPSA) is 99.1 Å². The molecule has 2 amide bonds. The number of nitrogens with one attached hydrogen (secondary N) is 1. The Kier molecular flexibility index (Phi) is 4.90. The highest BCUT2D eigenvalue weighted by molar-refractivity contribution is 5.95. The summed E-state index contributed by atoms with van der Waals surface area (Å²) in [6.45, 7) is 0.198. The highest BCUT2D eigenvalue weighted by Gasteiger charge is 2.37. The van der Waals surface area contributed by atoms with Crippen molar-refractivity contribution in [3.63, 3.8) is 0 Å². The van der Waals surface area contributed by atoms with Crippen molar-refractivity contribution in [2.45, 2.75) is 12.5 Å². The standard InChI is InChI=1S/C18H16N2O5/c21-11-14-9-13(14)4-2-1-3-12-5-7-15(8-6-12)20-10-16(17(22)19-24)25-18(20)23/h5-8,13-14,16,21,24H,9-11H2,(H,19,22)/t13-,14+,16-/m0/s1. The third-order valence-electron chi connectivity index (χ3n) is 4.08. The Hall–Kier alpha value is -3.00. The summed E-state index contributed by atoms with van der Waals surface area (Å²) < 4.78 is 4.89. The fourth-order valence-corrected chi connectivity index (χ4v) is 2.47. The Bertz CT molecular complexity index is 797. The molecular formula is C18H16N2O5. The number of anilines is 1. The lowest BCUT2D eigenvalue weighted by atomic mass is 10.2. The molecule has 3 N–H and O–H groups in total. The van der Waals surface area contributed by atoms with Crippen LogP contribution < -0.4 is 10.4 Å². The SMILES string of the molecule is O=C(NO)[C@@H]1CN(c2ccc(C#CC#C[C@H]3C[C@@H]3CO)cc2)C(=O)O1.